The normalized spacial score (nSPS) is 11.2. The van der Waals surface area contributed by atoms with Crippen molar-refractivity contribution in [2.24, 2.45) is 0 Å². The molecule has 6 heteroatoms. The molecular formula is C12H23N5O. The summed E-state index contributed by atoms with van der Waals surface area (Å²) >= 11 is 0. The van der Waals surface area contributed by atoms with Crippen LogP contribution in [0.25, 0.3) is 0 Å². The number of carbonyl (C=O) groups excluding carboxylic acids is 1. The first kappa shape index (κ1) is 14.6. The van der Waals surface area contributed by atoms with Crippen LogP contribution in [0.4, 0.5) is 0 Å². The second-order valence-corrected chi connectivity index (χ2v) is 4.78. The standard InChI is InChI=1S/C12H23N5O/c1-9(2)17(4)8-6-5-7-13-12(18)11-14-10(3)15-16-11/h9H,5-8H2,1-4H3,(H,13,18)(H,14,15,16). The van der Waals surface area contributed by atoms with Gasteiger partial charge in [-0.05, 0) is 47.2 Å². The first-order valence-electron chi connectivity index (χ1n) is 6.38. The van der Waals surface area contributed by atoms with E-state index >= 15 is 0 Å². The van der Waals surface area contributed by atoms with E-state index in [9.17, 15) is 4.79 Å². The Hall–Kier alpha value is -1.43. The highest BCUT2D eigenvalue weighted by molar-refractivity contribution is 5.90. The maximum Gasteiger partial charge on any atom is 0.290 e. The van der Waals surface area contributed by atoms with E-state index in [4.69, 9.17) is 0 Å². The number of hydrogen-bond donors (Lipinski definition) is 2. The summed E-state index contributed by atoms with van der Waals surface area (Å²) in [6.45, 7) is 7.83. The van der Waals surface area contributed by atoms with E-state index < -0.39 is 0 Å². The van der Waals surface area contributed by atoms with Gasteiger partial charge in [-0.1, -0.05) is 0 Å². The minimum atomic E-state index is -0.212. The Morgan fingerprint density at radius 2 is 2.17 bits per heavy atom. The molecule has 0 radical (unpaired) electrons. The minimum absolute atomic E-state index is 0.212. The zero-order valence-electron chi connectivity index (χ0n) is 11.7. The predicted octanol–water partition coefficient (Wildman–Crippen LogP) is 0.963. The topological polar surface area (TPSA) is 73.9 Å². The summed E-state index contributed by atoms with van der Waals surface area (Å²) in [6.07, 6.45) is 2.04. The smallest absolute Gasteiger partial charge is 0.290 e. The third-order valence-corrected chi connectivity index (χ3v) is 2.91. The number of carbonyl (C=O) groups is 1. The van der Waals surface area contributed by atoms with Gasteiger partial charge in [0.05, 0.1) is 0 Å². The fourth-order valence-electron chi connectivity index (χ4n) is 1.47. The molecule has 0 saturated carbocycles. The van der Waals surface area contributed by atoms with Crippen LogP contribution in [0.1, 0.15) is 43.1 Å². The van der Waals surface area contributed by atoms with Gasteiger partial charge in [0, 0.05) is 12.6 Å². The van der Waals surface area contributed by atoms with E-state index in [1.807, 2.05) is 0 Å². The average molecular weight is 253 g/mol. The summed E-state index contributed by atoms with van der Waals surface area (Å²) in [7, 11) is 2.11. The summed E-state index contributed by atoms with van der Waals surface area (Å²) < 4.78 is 0. The molecule has 1 heterocycles. The monoisotopic (exact) mass is 253 g/mol. The van der Waals surface area contributed by atoms with Crippen LogP contribution in [-0.4, -0.2) is 52.2 Å². The molecule has 0 aromatic carbocycles. The summed E-state index contributed by atoms with van der Waals surface area (Å²) in [6, 6.07) is 0.566. The van der Waals surface area contributed by atoms with Crippen molar-refractivity contribution in [1.29, 1.82) is 0 Å². The van der Waals surface area contributed by atoms with E-state index in [1.54, 1.807) is 6.92 Å². The van der Waals surface area contributed by atoms with Crippen LogP contribution in [0.15, 0.2) is 0 Å². The lowest BCUT2D eigenvalue weighted by Crippen LogP contribution is -2.29. The van der Waals surface area contributed by atoms with Crippen molar-refractivity contribution in [1.82, 2.24) is 25.4 Å². The third-order valence-electron chi connectivity index (χ3n) is 2.91. The number of aromatic nitrogens is 3. The van der Waals surface area contributed by atoms with E-state index in [-0.39, 0.29) is 11.7 Å². The van der Waals surface area contributed by atoms with Crippen LogP contribution in [0.3, 0.4) is 0 Å². The number of nitrogens with zero attached hydrogens (tertiary/aromatic N) is 3. The molecule has 102 valence electrons. The van der Waals surface area contributed by atoms with Gasteiger partial charge in [0.1, 0.15) is 5.82 Å². The maximum atomic E-state index is 11.6. The van der Waals surface area contributed by atoms with Crippen molar-refractivity contribution in [3.8, 4) is 0 Å². The molecule has 0 aliphatic carbocycles. The molecule has 1 aromatic rings. The molecule has 0 aliphatic rings. The Morgan fingerprint density at radius 1 is 1.44 bits per heavy atom. The summed E-state index contributed by atoms with van der Waals surface area (Å²) in [4.78, 5) is 17.9. The zero-order valence-corrected chi connectivity index (χ0v) is 11.7. The van der Waals surface area contributed by atoms with Gasteiger partial charge >= 0.3 is 0 Å². The quantitative estimate of drug-likeness (QED) is 0.710. The molecule has 0 fully saturated rings. The Bertz CT molecular complexity index is 374. The Balaban J connectivity index is 2.13. The van der Waals surface area contributed by atoms with E-state index in [1.165, 1.54) is 0 Å². The van der Waals surface area contributed by atoms with Crippen molar-refractivity contribution in [3.05, 3.63) is 11.6 Å². The fourth-order valence-corrected chi connectivity index (χ4v) is 1.47. The van der Waals surface area contributed by atoms with E-state index in [2.05, 4.69) is 46.3 Å². The molecule has 2 N–H and O–H groups in total. The van der Waals surface area contributed by atoms with Gasteiger partial charge < -0.3 is 10.2 Å². The molecule has 0 unspecified atom stereocenters. The van der Waals surface area contributed by atoms with Gasteiger partial charge in [-0.15, -0.1) is 5.10 Å². The number of H-pyrrole nitrogens is 1. The molecule has 1 aromatic heterocycles. The van der Waals surface area contributed by atoms with Gasteiger partial charge in [-0.3, -0.25) is 9.89 Å². The number of hydrogen-bond acceptors (Lipinski definition) is 4. The van der Waals surface area contributed by atoms with Crippen LogP contribution < -0.4 is 5.32 Å². The second-order valence-electron chi connectivity index (χ2n) is 4.78. The van der Waals surface area contributed by atoms with Gasteiger partial charge in [-0.25, -0.2) is 4.98 Å². The molecule has 0 spiro atoms. The molecule has 0 aliphatic heterocycles. The van der Waals surface area contributed by atoms with Crippen LogP contribution in [0.2, 0.25) is 0 Å². The molecule has 0 saturated heterocycles. The first-order valence-corrected chi connectivity index (χ1v) is 6.38. The molecule has 1 amide bonds. The van der Waals surface area contributed by atoms with Crippen molar-refractivity contribution in [2.75, 3.05) is 20.1 Å². The fraction of sp³-hybridized carbons (Fsp3) is 0.750. The van der Waals surface area contributed by atoms with Gasteiger partial charge in [0.2, 0.25) is 5.82 Å². The number of unbranched alkanes of at least 4 members (excludes halogenated alkanes) is 1. The molecule has 6 nitrogen and oxygen atoms in total. The van der Waals surface area contributed by atoms with E-state index in [0.717, 1.165) is 19.4 Å². The lowest BCUT2D eigenvalue weighted by molar-refractivity contribution is 0.0942. The highest BCUT2D eigenvalue weighted by Crippen LogP contribution is 1.97. The Labute approximate surface area is 108 Å². The van der Waals surface area contributed by atoms with Crippen molar-refractivity contribution >= 4 is 5.91 Å². The SMILES string of the molecule is Cc1nc(C(=O)NCCCCN(C)C(C)C)n[nH]1. The van der Waals surface area contributed by atoms with E-state index in [0.29, 0.717) is 18.4 Å². The predicted molar refractivity (Wildman–Crippen MR) is 70.5 cm³/mol. The summed E-state index contributed by atoms with van der Waals surface area (Å²) in [5.74, 6) is 0.655. The van der Waals surface area contributed by atoms with Crippen LogP contribution in [0.5, 0.6) is 0 Å². The van der Waals surface area contributed by atoms with Crippen LogP contribution >= 0.6 is 0 Å². The Kier molecular flexibility index (Phi) is 5.77. The average Bonchev–Trinajstić information content (AvgIpc) is 2.74. The largest absolute Gasteiger partial charge is 0.349 e. The number of nitrogens with one attached hydrogen (secondary N) is 2. The number of aryl methyl sites for hydroxylation is 1. The van der Waals surface area contributed by atoms with Crippen molar-refractivity contribution in [2.45, 2.75) is 39.7 Å². The Morgan fingerprint density at radius 3 is 2.72 bits per heavy atom. The number of amides is 1. The lowest BCUT2D eigenvalue weighted by atomic mass is 10.2. The highest BCUT2D eigenvalue weighted by Gasteiger charge is 2.09. The maximum absolute atomic E-state index is 11.6. The molecule has 1 rings (SSSR count). The number of aromatic amines is 1. The van der Waals surface area contributed by atoms with Gasteiger partial charge in [0.25, 0.3) is 5.91 Å². The van der Waals surface area contributed by atoms with Crippen molar-refractivity contribution < 1.29 is 4.79 Å². The van der Waals surface area contributed by atoms with Crippen LogP contribution in [0, 0.1) is 6.92 Å². The molecular weight excluding hydrogens is 230 g/mol. The zero-order chi connectivity index (χ0) is 13.5. The number of rotatable bonds is 7. The highest BCUT2D eigenvalue weighted by atomic mass is 16.2. The first-order chi connectivity index (χ1) is 8.50. The second kappa shape index (κ2) is 7.10. The molecule has 18 heavy (non-hydrogen) atoms. The van der Waals surface area contributed by atoms with Gasteiger partial charge in [-0.2, -0.15) is 0 Å². The van der Waals surface area contributed by atoms with Crippen LogP contribution in [-0.2, 0) is 0 Å². The van der Waals surface area contributed by atoms with Gasteiger partial charge in [0.15, 0.2) is 0 Å². The summed E-state index contributed by atoms with van der Waals surface area (Å²) in [5, 5.41) is 9.27. The molecule has 0 atom stereocenters. The lowest BCUT2D eigenvalue weighted by Gasteiger charge is -2.20. The summed E-state index contributed by atoms with van der Waals surface area (Å²) in [5.41, 5.74) is 0. The van der Waals surface area contributed by atoms with Crippen molar-refractivity contribution in [3.63, 3.8) is 0 Å². The third kappa shape index (κ3) is 4.83. The molecule has 0 bridgehead atoms. The minimum Gasteiger partial charge on any atom is -0.349 e.